The number of hydrogen-bond donors (Lipinski definition) is 1. The van der Waals surface area contributed by atoms with Gasteiger partial charge in [0.05, 0.1) is 17.2 Å². The van der Waals surface area contributed by atoms with Gasteiger partial charge in [0.2, 0.25) is 5.28 Å². The summed E-state index contributed by atoms with van der Waals surface area (Å²) < 4.78 is 14.0. The Kier molecular flexibility index (Phi) is 2.96. The molecule has 1 aliphatic rings. The molecular weight excluding hydrogens is 294 g/mol. The van der Waals surface area contributed by atoms with E-state index in [2.05, 4.69) is 15.0 Å². The van der Waals surface area contributed by atoms with Gasteiger partial charge in [0.25, 0.3) is 0 Å². The number of rotatable bonds is 1. The van der Waals surface area contributed by atoms with Crippen LogP contribution in [0.2, 0.25) is 10.4 Å². The Bertz CT molecular complexity index is 676. The lowest BCUT2D eigenvalue weighted by Crippen LogP contribution is -2.51. The van der Waals surface area contributed by atoms with Gasteiger partial charge in [0, 0.05) is 13.1 Å². The molecule has 0 radical (unpaired) electrons. The van der Waals surface area contributed by atoms with E-state index in [9.17, 15) is 9.50 Å². The standard InChI is InChI=1S/C11H9Cl2FN4O/c1-4-6-8(7(14)9(12)15-4)16-11(13)17-10(6)18-2-5(19)3-18/h5,19H,2-3H2,1H3. The van der Waals surface area contributed by atoms with E-state index in [0.717, 1.165) is 0 Å². The van der Waals surface area contributed by atoms with Crippen molar-refractivity contribution in [1.29, 1.82) is 0 Å². The fourth-order valence-corrected chi connectivity index (χ4v) is 2.50. The third-order valence-electron chi connectivity index (χ3n) is 3.04. The van der Waals surface area contributed by atoms with Crippen LogP contribution in [0.5, 0.6) is 0 Å². The topological polar surface area (TPSA) is 62.1 Å². The second kappa shape index (κ2) is 4.40. The Morgan fingerprint density at radius 2 is 1.95 bits per heavy atom. The van der Waals surface area contributed by atoms with E-state index >= 15 is 0 Å². The number of aliphatic hydroxyl groups is 1. The summed E-state index contributed by atoms with van der Waals surface area (Å²) in [5.41, 5.74) is 0.573. The van der Waals surface area contributed by atoms with Crippen LogP contribution in [0.4, 0.5) is 10.2 Å². The lowest BCUT2D eigenvalue weighted by molar-refractivity contribution is 0.141. The summed E-state index contributed by atoms with van der Waals surface area (Å²) in [4.78, 5) is 13.7. The summed E-state index contributed by atoms with van der Waals surface area (Å²) in [6.07, 6.45) is -0.408. The van der Waals surface area contributed by atoms with Gasteiger partial charge < -0.3 is 10.0 Å². The highest BCUT2D eigenvalue weighted by molar-refractivity contribution is 6.31. The lowest BCUT2D eigenvalue weighted by atomic mass is 10.1. The van der Waals surface area contributed by atoms with Crippen molar-refractivity contribution in [2.75, 3.05) is 18.0 Å². The number of aromatic nitrogens is 3. The molecule has 0 aliphatic carbocycles. The van der Waals surface area contributed by atoms with E-state index in [0.29, 0.717) is 30.0 Å². The molecule has 100 valence electrons. The SMILES string of the molecule is Cc1nc(Cl)c(F)c2nc(Cl)nc(N3CC(O)C3)c12. The van der Waals surface area contributed by atoms with Gasteiger partial charge in [0.15, 0.2) is 11.0 Å². The zero-order valence-corrected chi connectivity index (χ0v) is 11.4. The summed E-state index contributed by atoms with van der Waals surface area (Å²) in [5, 5.41) is 9.52. The molecule has 0 amide bonds. The highest BCUT2D eigenvalue weighted by Crippen LogP contribution is 2.33. The number of aryl methyl sites for hydroxylation is 1. The summed E-state index contributed by atoms with van der Waals surface area (Å²) in [5.74, 6) is -0.241. The van der Waals surface area contributed by atoms with Gasteiger partial charge in [-0.25, -0.2) is 14.4 Å². The van der Waals surface area contributed by atoms with Crippen LogP contribution in [0.25, 0.3) is 10.9 Å². The number of aliphatic hydroxyl groups excluding tert-OH is 1. The molecule has 8 heteroatoms. The van der Waals surface area contributed by atoms with Gasteiger partial charge in [-0.2, -0.15) is 4.98 Å². The van der Waals surface area contributed by atoms with Crippen molar-refractivity contribution in [2.45, 2.75) is 13.0 Å². The molecule has 0 aromatic carbocycles. The Morgan fingerprint density at radius 1 is 1.26 bits per heavy atom. The smallest absolute Gasteiger partial charge is 0.225 e. The maximum Gasteiger partial charge on any atom is 0.225 e. The van der Waals surface area contributed by atoms with Crippen LogP contribution in [0.1, 0.15) is 5.69 Å². The molecule has 3 rings (SSSR count). The number of pyridine rings is 1. The number of nitrogens with zero attached hydrogens (tertiary/aromatic N) is 4. The van der Waals surface area contributed by atoms with Crippen LogP contribution in [-0.4, -0.2) is 39.3 Å². The van der Waals surface area contributed by atoms with Gasteiger partial charge in [-0.3, -0.25) is 0 Å². The van der Waals surface area contributed by atoms with Crippen LogP contribution < -0.4 is 4.90 Å². The second-order valence-electron chi connectivity index (χ2n) is 4.40. The molecule has 1 aliphatic heterocycles. The minimum Gasteiger partial charge on any atom is -0.389 e. The van der Waals surface area contributed by atoms with E-state index in [-0.39, 0.29) is 16.0 Å². The van der Waals surface area contributed by atoms with Crippen molar-refractivity contribution in [2.24, 2.45) is 0 Å². The highest BCUT2D eigenvalue weighted by atomic mass is 35.5. The largest absolute Gasteiger partial charge is 0.389 e. The predicted octanol–water partition coefficient (Wildman–Crippen LogP) is 1.96. The van der Waals surface area contributed by atoms with Gasteiger partial charge in [0.1, 0.15) is 11.3 Å². The van der Waals surface area contributed by atoms with Crippen molar-refractivity contribution < 1.29 is 9.50 Å². The van der Waals surface area contributed by atoms with Gasteiger partial charge in [-0.1, -0.05) is 11.6 Å². The first-order valence-corrected chi connectivity index (χ1v) is 6.35. The van der Waals surface area contributed by atoms with Crippen molar-refractivity contribution in [3.05, 3.63) is 21.9 Å². The minimum atomic E-state index is -0.714. The molecule has 0 atom stereocenters. The highest BCUT2D eigenvalue weighted by Gasteiger charge is 2.29. The van der Waals surface area contributed by atoms with Gasteiger partial charge >= 0.3 is 0 Å². The molecule has 1 N–H and O–H groups in total. The number of anilines is 1. The molecule has 1 saturated heterocycles. The predicted molar refractivity (Wildman–Crippen MR) is 70.3 cm³/mol. The number of β-amino-alcohol motifs (C(OH)–C–C–N with tert-alkyl or cyclic N) is 1. The molecule has 5 nitrogen and oxygen atoms in total. The fourth-order valence-electron chi connectivity index (χ4n) is 2.12. The van der Waals surface area contributed by atoms with Crippen molar-refractivity contribution >= 4 is 39.9 Å². The normalized spacial score (nSPS) is 15.9. The van der Waals surface area contributed by atoms with Crippen molar-refractivity contribution in [3.8, 4) is 0 Å². The maximum atomic E-state index is 14.0. The molecule has 2 aromatic rings. The second-order valence-corrected chi connectivity index (χ2v) is 5.10. The van der Waals surface area contributed by atoms with Gasteiger partial charge in [-0.15, -0.1) is 0 Å². The summed E-state index contributed by atoms with van der Waals surface area (Å²) in [6, 6.07) is 0. The van der Waals surface area contributed by atoms with E-state index in [1.807, 2.05) is 0 Å². The number of hydrogen-bond acceptors (Lipinski definition) is 5. The lowest BCUT2D eigenvalue weighted by Gasteiger charge is -2.37. The Morgan fingerprint density at radius 3 is 2.58 bits per heavy atom. The minimum absolute atomic E-state index is 0.0499. The number of fused-ring (bicyclic) bond motifs is 1. The maximum absolute atomic E-state index is 14.0. The van der Waals surface area contributed by atoms with Crippen molar-refractivity contribution in [1.82, 2.24) is 15.0 Å². The quantitative estimate of drug-likeness (QED) is 0.644. The van der Waals surface area contributed by atoms with Crippen LogP contribution >= 0.6 is 23.2 Å². The average molecular weight is 303 g/mol. The van der Waals surface area contributed by atoms with Gasteiger partial charge in [-0.05, 0) is 18.5 Å². The fraction of sp³-hybridized carbons (Fsp3) is 0.364. The van der Waals surface area contributed by atoms with Crippen LogP contribution in [-0.2, 0) is 0 Å². The monoisotopic (exact) mass is 302 g/mol. The first-order chi connectivity index (χ1) is 8.97. The molecule has 19 heavy (non-hydrogen) atoms. The first kappa shape index (κ1) is 12.8. The van der Waals surface area contributed by atoms with Crippen LogP contribution in [0.3, 0.4) is 0 Å². The molecule has 0 spiro atoms. The molecular formula is C11H9Cl2FN4O. The summed E-state index contributed by atoms with van der Waals surface area (Å²) >= 11 is 11.5. The van der Waals surface area contributed by atoms with Crippen molar-refractivity contribution in [3.63, 3.8) is 0 Å². The Hall–Kier alpha value is -1.24. The average Bonchev–Trinajstić information content (AvgIpc) is 2.31. The Labute approximate surface area is 118 Å². The first-order valence-electron chi connectivity index (χ1n) is 5.59. The summed E-state index contributed by atoms with van der Waals surface area (Å²) in [7, 11) is 0. The van der Waals surface area contributed by atoms with E-state index in [1.54, 1.807) is 11.8 Å². The third kappa shape index (κ3) is 2.00. The zero-order valence-electron chi connectivity index (χ0n) is 9.86. The number of halogens is 3. The van der Waals surface area contributed by atoms with Crippen LogP contribution in [0.15, 0.2) is 0 Å². The summed E-state index contributed by atoms with van der Waals surface area (Å²) in [6.45, 7) is 2.54. The zero-order chi connectivity index (χ0) is 13.7. The molecule has 0 bridgehead atoms. The molecule has 0 unspecified atom stereocenters. The molecule has 3 heterocycles. The van der Waals surface area contributed by atoms with Crippen LogP contribution in [0, 0.1) is 12.7 Å². The van der Waals surface area contributed by atoms with E-state index in [1.165, 1.54) is 0 Å². The van der Waals surface area contributed by atoms with E-state index in [4.69, 9.17) is 23.2 Å². The Balaban J connectivity index is 2.30. The molecule has 0 saturated carbocycles. The third-order valence-corrected chi connectivity index (χ3v) is 3.46. The molecule has 1 fully saturated rings. The van der Waals surface area contributed by atoms with E-state index < -0.39 is 11.9 Å². The molecule has 2 aromatic heterocycles.